The lowest BCUT2D eigenvalue weighted by atomic mass is 10.3. The number of pyridine rings is 1. The molecule has 8 heteroatoms. The molecule has 0 bridgehead atoms. The first kappa shape index (κ1) is 13.7. The highest BCUT2D eigenvalue weighted by Crippen LogP contribution is 2.28. The minimum absolute atomic E-state index is 0.0000957. The smallest absolute Gasteiger partial charge is 0.265 e. The van der Waals surface area contributed by atoms with E-state index in [2.05, 4.69) is 10.3 Å². The van der Waals surface area contributed by atoms with Crippen molar-refractivity contribution in [2.24, 2.45) is 0 Å². The van der Waals surface area contributed by atoms with Crippen LogP contribution >= 0.6 is 34.8 Å². The van der Waals surface area contributed by atoms with Gasteiger partial charge in [0.15, 0.2) is 0 Å². The van der Waals surface area contributed by atoms with Gasteiger partial charge in [0.05, 0.1) is 10.0 Å². The Hall–Kier alpha value is -0.360. The normalized spacial score (nSPS) is 12.9. The van der Waals surface area contributed by atoms with Crippen molar-refractivity contribution in [3.8, 4) is 0 Å². The van der Waals surface area contributed by atoms with Crippen LogP contribution in [0.2, 0.25) is 15.2 Å². The number of aromatic nitrogens is 1. The third-order valence-corrected chi connectivity index (χ3v) is 2.62. The summed E-state index contributed by atoms with van der Waals surface area (Å²) in [6.45, 7) is -0.387. The number of hydrogen-bond acceptors (Lipinski definition) is 3. The van der Waals surface area contributed by atoms with Crippen LogP contribution < -0.4 is 5.32 Å². The van der Waals surface area contributed by atoms with E-state index in [0.29, 0.717) is 0 Å². The lowest BCUT2D eigenvalue weighted by molar-refractivity contribution is 0.00381. The number of nitrogens with one attached hydrogen (secondary N) is 1. The second-order valence-corrected chi connectivity index (χ2v) is 4.05. The predicted octanol–water partition coefficient (Wildman–Crippen LogP) is 3.08. The summed E-state index contributed by atoms with van der Waals surface area (Å²) in [5.74, 6) is 0.0933. The van der Waals surface area contributed by atoms with E-state index >= 15 is 0 Å². The molecule has 3 nitrogen and oxygen atoms in total. The van der Waals surface area contributed by atoms with Crippen LogP contribution in [0.15, 0.2) is 6.07 Å². The van der Waals surface area contributed by atoms with E-state index in [1.54, 1.807) is 0 Å². The molecule has 0 fully saturated rings. The van der Waals surface area contributed by atoms with Gasteiger partial charge in [0, 0.05) is 6.54 Å². The predicted molar refractivity (Wildman–Crippen MR) is 59.8 cm³/mol. The summed E-state index contributed by atoms with van der Waals surface area (Å²) in [5.41, 5.74) is 0. The minimum atomic E-state index is -2.84. The first-order valence-corrected chi connectivity index (χ1v) is 5.27. The summed E-state index contributed by atoms with van der Waals surface area (Å²) in [6.07, 6.45) is -4.64. The van der Waals surface area contributed by atoms with Crippen molar-refractivity contribution in [1.82, 2.24) is 4.98 Å². The highest BCUT2D eigenvalue weighted by Gasteiger charge is 2.17. The van der Waals surface area contributed by atoms with Crippen LogP contribution in [0.1, 0.15) is 0 Å². The molecule has 1 rings (SSSR count). The summed E-state index contributed by atoms with van der Waals surface area (Å²) in [7, 11) is 0. The molecule has 1 aromatic rings. The highest BCUT2D eigenvalue weighted by molar-refractivity contribution is 6.42. The molecule has 0 radical (unpaired) electrons. The Bertz CT molecular complexity index is 379. The van der Waals surface area contributed by atoms with Crippen molar-refractivity contribution in [3.05, 3.63) is 21.3 Å². The van der Waals surface area contributed by atoms with Crippen LogP contribution in [0.3, 0.4) is 0 Å². The first-order chi connectivity index (χ1) is 7.41. The number of nitrogens with zero attached hydrogens (tertiary/aromatic N) is 1. The second kappa shape index (κ2) is 5.82. The molecule has 0 saturated carbocycles. The lowest BCUT2D eigenvalue weighted by Gasteiger charge is -2.12. The second-order valence-electron chi connectivity index (χ2n) is 2.87. The molecule has 16 heavy (non-hydrogen) atoms. The van der Waals surface area contributed by atoms with Crippen molar-refractivity contribution >= 4 is 40.6 Å². The molecule has 1 heterocycles. The molecule has 0 aliphatic carbocycles. The standard InChI is InChI=1S/C8H7Cl3F2N2O/c9-3-1-4(10)8(15-6(3)11)14-2-5(16)7(12)13/h1,5,7,16H,2H2,(H,14,15). The van der Waals surface area contributed by atoms with Crippen LogP contribution in [-0.2, 0) is 0 Å². The van der Waals surface area contributed by atoms with Gasteiger partial charge in [-0.25, -0.2) is 13.8 Å². The number of aliphatic hydroxyl groups excluding tert-OH is 1. The Morgan fingerprint density at radius 3 is 2.50 bits per heavy atom. The van der Waals surface area contributed by atoms with Crippen LogP contribution in [0.5, 0.6) is 0 Å². The third-order valence-electron chi connectivity index (χ3n) is 1.66. The number of alkyl halides is 2. The Morgan fingerprint density at radius 1 is 1.31 bits per heavy atom. The zero-order valence-corrected chi connectivity index (χ0v) is 9.99. The molecule has 0 aliphatic rings. The van der Waals surface area contributed by atoms with Gasteiger partial charge in [-0.15, -0.1) is 0 Å². The van der Waals surface area contributed by atoms with Crippen molar-refractivity contribution in [3.63, 3.8) is 0 Å². The van der Waals surface area contributed by atoms with Gasteiger partial charge in [-0.3, -0.25) is 0 Å². The Labute approximate surface area is 105 Å². The molecule has 2 N–H and O–H groups in total. The average Bonchev–Trinajstić information content (AvgIpc) is 2.20. The fraction of sp³-hybridized carbons (Fsp3) is 0.375. The average molecular weight is 292 g/mol. The molecule has 1 unspecified atom stereocenters. The van der Waals surface area contributed by atoms with Crippen LogP contribution in [0, 0.1) is 0 Å². The molecule has 90 valence electrons. The number of anilines is 1. The largest absolute Gasteiger partial charge is 0.385 e. The molecule has 0 amide bonds. The number of halogens is 5. The Morgan fingerprint density at radius 2 is 1.94 bits per heavy atom. The van der Waals surface area contributed by atoms with E-state index in [1.807, 2.05) is 0 Å². The van der Waals surface area contributed by atoms with Crippen molar-refractivity contribution in [2.45, 2.75) is 12.5 Å². The maximum Gasteiger partial charge on any atom is 0.265 e. The van der Waals surface area contributed by atoms with Gasteiger partial charge < -0.3 is 10.4 Å². The van der Waals surface area contributed by atoms with E-state index in [0.717, 1.165) is 0 Å². The first-order valence-electron chi connectivity index (χ1n) is 4.13. The fourth-order valence-corrected chi connectivity index (χ4v) is 1.42. The molecule has 0 aromatic carbocycles. The van der Waals surface area contributed by atoms with Crippen molar-refractivity contribution in [2.75, 3.05) is 11.9 Å². The minimum Gasteiger partial charge on any atom is -0.385 e. The molecule has 0 aliphatic heterocycles. The molecule has 1 aromatic heterocycles. The third kappa shape index (κ3) is 3.59. The molecule has 0 spiro atoms. The van der Waals surface area contributed by atoms with Gasteiger partial charge in [0.25, 0.3) is 6.43 Å². The zero-order valence-electron chi connectivity index (χ0n) is 7.72. The molecule has 1 atom stereocenters. The lowest BCUT2D eigenvalue weighted by Crippen LogP contribution is -2.27. The summed E-state index contributed by atoms with van der Waals surface area (Å²) >= 11 is 17.0. The van der Waals surface area contributed by atoms with Gasteiger partial charge in [0.1, 0.15) is 17.1 Å². The summed E-state index contributed by atoms with van der Waals surface area (Å²) in [4.78, 5) is 3.74. The molecular weight excluding hydrogens is 284 g/mol. The maximum absolute atomic E-state index is 12.0. The van der Waals surface area contributed by atoms with Crippen LogP contribution in [-0.4, -0.2) is 29.2 Å². The van der Waals surface area contributed by atoms with Crippen LogP contribution in [0.4, 0.5) is 14.6 Å². The van der Waals surface area contributed by atoms with Crippen molar-refractivity contribution in [1.29, 1.82) is 0 Å². The SMILES string of the molecule is OC(CNc1nc(Cl)c(Cl)cc1Cl)C(F)F. The maximum atomic E-state index is 12.0. The van der Waals surface area contributed by atoms with E-state index in [9.17, 15) is 8.78 Å². The van der Waals surface area contributed by atoms with E-state index in [4.69, 9.17) is 39.9 Å². The summed E-state index contributed by atoms with van der Waals surface area (Å²) in [5, 5.41) is 11.6. The van der Waals surface area contributed by atoms with Crippen LogP contribution in [0.25, 0.3) is 0 Å². The molecule has 0 saturated heterocycles. The van der Waals surface area contributed by atoms with E-state index in [1.165, 1.54) is 6.07 Å². The fourth-order valence-electron chi connectivity index (χ4n) is 0.858. The molecular formula is C8H7Cl3F2N2O. The van der Waals surface area contributed by atoms with Gasteiger partial charge in [-0.05, 0) is 6.07 Å². The Balaban J connectivity index is 2.71. The van der Waals surface area contributed by atoms with Gasteiger partial charge in [0.2, 0.25) is 0 Å². The monoisotopic (exact) mass is 290 g/mol. The summed E-state index contributed by atoms with van der Waals surface area (Å²) in [6, 6.07) is 1.33. The number of rotatable bonds is 4. The van der Waals surface area contributed by atoms with Gasteiger partial charge >= 0.3 is 0 Å². The number of hydrogen-bond donors (Lipinski definition) is 2. The van der Waals surface area contributed by atoms with E-state index < -0.39 is 12.5 Å². The summed E-state index contributed by atoms with van der Waals surface area (Å²) < 4.78 is 24.0. The topological polar surface area (TPSA) is 45.1 Å². The van der Waals surface area contributed by atoms with E-state index in [-0.39, 0.29) is 27.6 Å². The zero-order chi connectivity index (χ0) is 12.3. The van der Waals surface area contributed by atoms with Gasteiger partial charge in [-0.1, -0.05) is 34.8 Å². The quantitative estimate of drug-likeness (QED) is 0.838. The van der Waals surface area contributed by atoms with Crippen molar-refractivity contribution < 1.29 is 13.9 Å². The van der Waals surface area contributed by atoms with Gasteiger partial charge in [-0.2, -0.15) is 0 Å². The number of aliphatic hydroxyl groups is 1. The Kier molecular flexibility index (Phi) is 4.98. The highest BCUT2D eigenvalue weighted by atomic mass is 35.5.